The van der Waals surface area contributed by atoms with Gasteiger partial charge < -0.3 is 10.2 Å². The summed E-state index contributed by atoms with van der Waals surface area (Å²) >= 11 is 0. The fourth-order valence-corrected chi connectivity index (χ4v) is 4.26. The Morgan fingerprint density at radius 1 is 1.33 bits per heavy atom. The molecule has 8 heteroatoms. The Bertz CT molecular complexity index is 657. The van der Waals surface area contributed by atoms with Gasteiger partial charge in [0, 0.05) is 18.1 Å². The number of fused-ring (bicyclic) bond motifs is 2. The van der Waals surface area contributed by atoms with Gasteiger partial charge >= 0.3 is 5.69 Å². The quantitative estimate of drug-likeness (QED) is 0.668. The standard InChI is InChI=1S/C16H25N5O3/c1-9-15(21(23)24)10(2)20(18-9)11(3)16(22)17-12-7-13-5-6-14(8-12)19(13)4/h11-14H,5-8H2,1-4H3,(H,17,22). The van der Waals surface area contributed by atoms with Crippen molar-refractivity contribution in [2.24, 2.45) is 0 Å². The van der Waals surface area contributed by atoms with E-state index in [0.717, 1.165) is 12.8 Å². The predicted molar refractivity (Wildman–Crippen MR) is 88.8 cm³/mol. The highest BCUT2D eigenvalue weighted by Gasteiger charge is 2.39. The van der Waals surface area contributed by atoms with Gasteiger partial charge in [0.25, 0.3) is 0 Å². The van der Waals surface area contributed by atoms with Crippen molar-refractivity contribution in [2.75, 3.05) is 7.05 Å². The molecule has 1 N–H and O–H groups in total. The number of rotatable bonds is 4. The molecule has 2 aliphatic heterocycles. The maximum atomic E-state index is 12.6. The molecule has 0 spiro atoms. The van der Waals surface area contributed by atoms with E-state index in [4.69, 9.17) is 0 Å². The highest BCUT2D eigenvalue weighted by molar-refractivity contribution is 5.80. The van der Waals surface area contributed by atoms with Gasteiger partial charge in [0.1, 0.15) is 17.4 Å². The van der Waals surface area contributed by atoms with E-state index in [0.29, 0.717) is 23.5 Å². The molecular formula is C16H25N5O3. The third kappa shape index (κ3) is 2.79. The van der Waals surface area contributed by atoms with Crippen LogP contribution in [0.1, 0.15) is 50.0 Å². The zero-order valence-corrected chi connectivity index (χ0v) is 14.7. The first-order valence-corrected chi connectivity index (χ1v) is 8.52. The van der Waals surface area contributed by atoms with Crippen LogP contribution >= 0.6 is 0 Å². The van der Waals surface area contributed by atoms with Crippen LogP contribution in [-0.4, -0.2) is 50.7 Å². The van der Waals surface area contributed by atoms with Crippen LogP contribution in [0.5, 0.6) is 0 Å². The molecule has 2 saturated heterocycles. The summed E-state index contributed by atoms with van der Waals surface area (Å²) in [5, 5.41) is 18.5. The number of aryl methyl sites for hydroxylation is 1. The number of amides is 1. The molecule has 2 aliphatic rings. The summed E-state index contributed by atoms with van der Waals surface area (Å²) in [7, 11) is 2.16. The molecule has 0 saturated carbocycles. The fourth-order valence-electron chi connectivity index (χ4n) is 4.26. The molecule has 1 amide bonds. The molecule has 3 unspecified atom stereocenters. The maximum Gasteiger partial charge on any atom is 0.312 e. The van der Waals surface area contributed by atoms with Crippen molar-refractivity contribution in [2.45, 2.75) is 70.6 Å². The number of aromatic nitrogens is 2. The van der Waals surface area contributed by atoms with Gasteiger partial charge in [0.2, 0.25) is 5.91 Å². The first-order valence-electron chi connectivity index (χ1n) is 8.52. The Kier molecular flexibility index (Phi) is 4.33. The SMILES string of the molecule is Cc1nn(C(C)C(=O)NC2CC3CCC(C2)N3C)c(C)c1[N+](=O)[O-]. The van der Waals surface area contributed by atoms with Crippen molar-refractivity contribution in [1.82, 2.24) is 20.0 Å². The summed E-state index contributed by atoms with van der Waals surface area (Å²) in [6, 6.07) is 0.730. The van der Waals surface area contributed by atoms with Gasteiger partial charge in [-0.15, -0.1) is 0 Å². The highest BCUT2D eigenvalue weighted by Crippen LogP contribution is 2.34. The van der Waals surface area contributed by atoms with Crippen molar-refractivity contribution >= 4 is 11.6 Å². The average molecular weight is 335 g/mol. The van der Waals surface area contributed by atoms with E-state index in [1.807, 2.05) is 0 Å². The highest BCUT2D eigenvalue weighted by atomic mass is 16.6. The van der Waals surface area contributed by atoms with E-state index >= 15 is 0 Å². The predicted octanol–water partition coefficient (Wildman–Crippen LogP) is 1.71. The molecular weight excluding hydrogens is 310 g/mol. The normalized spacial score (nSPS) is 27.9. The largest absolute Gasteiger partial charge is 0.351 e. The van der Waals surface area contributed by atoms with Crippen LogP contribution in [0, 0.1) is 24.0 Å². The van der Waals surface area contributed by atoms with E-state index in [1.165, 1.54) is 17.5 Å². The number of piperidine rings is 1. The zero-order chi connectivity index (χ0) is 17.6. The minimum Gasteiger partial charge on any atom is -0.351 e. The van der Waals surface area contributed by atoms with Crippen molar-refractivity contribution in [3.8, 4) is 0 Å². The molecule has 1 aromatic rings. The molecule has 2 fully saturated rings. The lowest BCUT2D eigenvalue weighted by Crippen LogP contribution is -2.49. The van der Waals surface area contributed by atoms with Gasteiger partial charge in [-0.25, -0.2) is 0 Å². The molecule has 8 nitrogen and oxygen atoms in total. The zero-order valence-electron chi connectivity index (χ0n) is 14.7. The minimum absolute atomic E-state index is 0.00742. The first-order chi connectivity index (χ1) is 11.3. The van der Waals surface area contributed by atoms with Crippen LogP contribution in [0.15, 0.2) is 0 Å². The molecule has 3 atom stereocenters. The summed E-state index contributed by atoms with van der Waals surface area (Å²) in [5.41, 5.74) is 0.755. The fraction of sp³-hybridized carbons (Fsp3) is 0.750. The number of carbonyl (C=O) groups is 1. The summed E-state index contributed by atoms with van der Waals surface area (Å²) in [4.78, 5) is 25.7. The monoisotopic (exact) mass is 335 g/mol. The second-order valence-electron chi connectivity index (χ2n) is 7.12. The van der Waals surface area contributed by atoms with Gasteiger partial charge in [-0.3, -0.25) is 19.6 Å². The van der Waals surface area contributed by atoms with Crippen LogP contribution in [0.25, 0.3) is 0 Å². The third-order valence-corrected chi connectivity index (χ3v) is 5.66. The minimum atomic E-state index is -0.560. The summed E-state index contributed by atoms with van der Waals surface area (Å²) < 4.78 is 1.46. The van der Waals surface area contributed by atoms with Crippen molar-refractivity contribution in [3.05, 3.63) is 21.5 Å². The third-order valence-electron chi connectivity index (χ3n) is 5.66. The van der Waals surface area contributed by atoms with Crippen molar-refractivity contribution in [1.29, 1.82) is 0 Å². The number of nitrogens with zero attached hydrogens (tertiary/aromatic N) is 4. The summed E-state index contributed by atoms with van der Waals surface area (Å²) in [5.74, 6) is -0.121. The van der Waals surface area contributed by atoms with Crippen LogP contribution in [0.2, 0.25) is 0 Å². The maximum absolute atomic E-state index is 12.6. The van der Waals surface area contributed by atoms with Crippen LogP contribution in [0.4, 0.5) is 5.69 Å². The molecule has 0 radical (unpaired) electrons. The molecule has 0 aliphatic carbocycles. The van der Waals surface area contributed by atoms with Crippen LogP contribution in [-0.2, 0) is 4.79 Å². The molecule has 3 heterocycles. The summed E-state index contributed by atoms with van der Waals surface area (Å²) in [6.45, 7) is 4.97. The Hall–Kier alpha value is -1.96. The lowest BCUT2D eigenvalue weighted by Gasteiger charge is -2.37. The van der Waals surface area contributed by atoms with Crippen LogP contribution in [0.3, 0.4) is 0 Å². The van der Waals surface area contributed by atoms with Gasteiger partial charge in [-0.1, -0.05) is 0 Å². The second kappa shape index (κ2) is 6.16. The molecule has 2 bridgehead atoms. The Morgan fingerprint density at radius 2 is 1.92 bits per heavy atom. The van der Waals surface area contributed by atoms with E-state index in [9.17, 15) is 14.9 Å². The number of carbonyl (C=O) groups excluding carboxylic acids is 1. The average Bonchev–Trinajstić information content (AvgIpc) is 2.90. The van der Waals surface area contributed by atoms with E-state index in [2.05, 4.69) is 22.4 Å². The Morgan fingerprint density at radius 3 is 2.42 bits per heavy atom. The van der Waals surface area contributed by atoms with Crippen molar-refractivity contribution in [3.63, 3.8) is 0 Å². The van der Waals surface area contributed by atoms with Crippen LogP contribution < -0.4 is 5.32 Å². The first kappa shape index (κ1) is 16.9. The lowest BCUT2D eigenvalue weighted by molar-refractivity contribution is -0.386. The Balaban J connectivity index is 1.70. The van der Waals surface area contributed by atoms with Gasteiger partial charge in [-0.2, -0.15) is 5.10 Å². The van der Waals surface area contributed by atoms with E-state index in [1.54, 1.807) is 20.8 Å². The van der Waals surface area contributed by atoms with Gasteiger partial charge in [0.05, 0.1) is 4.92 Å². The second-order valence-corrected chi connectivity index (χ2v) is 7.12. The molecule has 0 aromatic carbocycles. The van der Waals surface area contributed by atoms with Gasteiger partial charge in [0.15, 0.2) is 0 Å². The number of hydrogen-bond donors (Lipinski definition) is 1. The summed E-state index contributed by atoms with van der Waals surface area (Å²) in [6.07, 6.45) is 4.35. The van der Waals surface area contributed by atoms with E-state index < -0.39 is 11.0 Å². The molecule has 132 valence electrons. The smallest absolute Gasteiger partial charge is 0.312 e. The number of nitrogens with one attached hydrogen (secondary N) is 1. The lowest BCUT2D eigenvalue weighted by atomic mass is 9.98. The Labute approximate surface area is 141 Å². The number of hydrogen-bond acceptors (Lipinski definition) is 5. The molecule has 1 aromatic heterocycles. The van der Waals surface area contributed by atoms with Gasteiger partial charge in [-0.05, 0) is 53.5 Å². The molecule has 24 heavy (non-hydrogen) atoms. The molecule has 3 rings (SSSR count). The van der Waals surface area contributed by atoms with Crippen molar-refractivity contribution < 1.29 is 9.72 Å². The number of nitro groups is 1. The van der Waals surface area contributed by atoms with E-state index in [-0.39, 0.29) is 17.6 Å². The topological polar surface area (TPSA) is 93.3 Å².